The smallest absolute Gasteiger partial charge is 0.416 e. The van der Waals surface area contributed by atoms with E-state index in [9.17, 15) is 19.5 Å². The Kier molecular flexibility index (Phi) is 6.10. The first-order valence-corrected chi connectivity index (χ1v) is 8.55. The summed E-state index contributed by atoms with van der Waals surface area (Å²) in [4.78, 5) is 38.2. The molecule has 0 radical (unpaired) electrons. The van der Waals surface area contributed by atoms with Gasteiger partial charge in [0.2, 0.25) is 0 Å². The lowest BCUT2D eigenvalue weighted by atomic mass is 9.79. The van der Waals surface area contributed by atoms with Crippen LogP contribution in [0.25, 0.3) is 0 Å². The fourth-order valence-electron chi connectivity index (χ4n) is 3.17. The van der Waals surface area contributed by atoms with Crippen LogP contribution in [0.2, 0.25) is 0 Å². The van der Waals surface area contributed by atoms with Gasteiger partial charge < -0.3 is 19.3 Å². The number of carbonyl (C=O) groups is 3. The molecule has 1 amide bonds. The number of hydrogen-bond acceptors (Lipinski definition) is 7. The lowest BCUT2D eigenvalue weighted by molar-refractivity contribution is -0.160. The minimum absolute atomic E-state index is 0.0505. The molecule has 0 fully saturated rings. The van der Waals surface area contributed by atoms with Crippen molar-refractivity contribution in [3.8, 4) is 0 Å². The maximum Gasteiger partial charge on any atom is 0.416 e. The molecule has 2 atom stereocenters. The van der Waals surface area contributed by atoms with E-state index in [0.29, 0.717) is 11.3 Å². The first-order valence-electron chi connectivity index (χ1n) is 8.55. The summed E-state index contributed by atoms with van der Waals surface area (Å²) in [7, 11) is 2.35. The molecule has 0 bridgehead atoms. The van der Waals surface area contributed by atoms with Gasteiger partial charge in [-0.2, -0.15) is 0 Å². The second-order valence-corrected chi connectivity index (χ2v) is 7.26. The Morgan fingerprint density at radius 3 is 2.19 bits per heavy atom. The Bertz CT molecular complexity index is 709. The lowest BCUT2D eigenvalue weighted by Crippen LogP contribution is -2.49. The highest BCUT2D eigenvalue weighted by molar-refractivity contribution is 5.97. The first-order chi connectivity index (χ1) is 12.6. The molecule has 1 aliphatic heterocycles. The third-order valence-electron chi connectivity index (χ3n) is 4.26. The number of nitrogens with zero attached hydrogens (tertiary/aromatic N) is 1. The molecular formula is C19H25NO7. The number of benzene rings is 1. The Morgan fingerprint density at radius 2 is 1.67 bits per heavy atom. The maximum absolute atomic E-state index is 12.6. The number of aliphatic hydroxyl groups excluding tert-OH is 1. The SMILES string of the molecule is COC(=O)C(C(=O)OC)[C@H]1CC(O)N(C(=O)OC(C)(C)C)c2ccccc21. The van der Waals surface area contributed by atoms with Crippen molar-refractivity contribution in [3.63, 3.8) is 0 Å². The zero-order chi connectivity index (χ0) is 20.4. The fourth-order valence-corrected chi connectivity index (χ4v) is 3.17. The van der Waals surface area contributed by atoms with Gasteiger partial charge in [-0.3, -0.25) is 14.5 Å². The molecule has 148 valence electrons. The van der Waals surface area contributed by atoms with Crippen LogP contribution in [0.1, 0.15) is 38.7 Å². The number of amides is 1. The molecule has 8 heteroatoms. The molecule has 1 heterocycles. The number of rotatable bonds is 3. The van der Waals surface area contributed by atoms with Gasteiger partial charge in [0, 0.05) is 12.3 Å². The van der Waals surface area contributed by atoms with Gasteiger partial charge in [0.15, 0.2) is 5.92 Å². The van der Waals surface area contributed by atoms with Crippen LogP contribution >= 0.6 is 0 Å². The quantitative estimate of drug-likeness (QED) is 0.488. The number of ether oxygens (including phenoxy) is 3. The van der Waals surface area contributed by atoms with E-state index in [1.807, 2.05) is 0 Å². The third-order valence-corrected chi connectivity index (χ3v) is 4.26. The van der Waals surface area contributed by atoms with Crippen LogP contribution in [0.4, 0.5) is 10.5 Å². The highest BCUT2D eigenvalue weighted by Crippen LogP contribution is 2.43. The molecule has 1 aliphatic rings. The molecule has 8 nitrogen and oxygen atoms in total. The van der Waals surface area contributed by atoms with Gasteiger partial charge >= 0.3 is 18.0 Å². The van der Waals surface area contributed by atoms with Gasteiger partial charge in [0.25, 0.3) is 0 Å². The summed E-state index contributed by atoms with van der Waals surface area (Å²) in [6.45, 7) is 5.17. The molecule has 0 aromatic heterocycles. The number of aliphatic hydroxyl groups is 1. The van der Waals surface area contributed by atoms with Crippen molar-refractivity contribution in [3.05, 3.63) is 29.8 Å². The standard InChI is InChI=1S/C19H25NO7/c1-19(2,3)27-18(24)20-13-9-7-6-8-11(13)12(10-14(20)21)15(16(22)25-4)17(23)26-5/h6-9,12,14-15,21H,10H2,1-5H3/t12-,14?/m0/s1. The van der Waals surface area contributed by atoms with Crippen LogP contribution in [0.3, 0.4) is 0 Å². The molecule has 1 aromatic carbocycles. The molecule has 0 spiro atoms. The maximum atomic E-state index is 12.6. The Labute approximate surface area is 158 Å². The van der Waals surface area contributed by atoms with E-state index in [0.717, 1.165) is 4.90 Å². The number of carbonyl (C=O) groups excluding carboxylic acids is 3. The molecule has 1 N–H and O–H groups in total. The van der Waals surface area contributed by atoms with Gasteiger partial charge in [-0.25, -0.2) is 4.79 Å². The van der Waals surface area contributed by atoms with Crippen LogP contribution in [-0.4, -0.2) is 49.2 Å². The summed E-state index contributed by atoms with van der Waals surface area (Å²) in [5.41, 5.74) is 0.172. The van der Waals surface area contributed by atoms with Crippen molar-refractivity contribution in [2.24, 2.45) is 5.92 Å². The van der Waals surface area contributed by atoms with Crippen LogP contribution in [0.15, 0.2) is 24.3 Å². The first kappa shape index (κ1) is 20.7. The van der Waals surface area contributed by atoms with Crippen LogP contribution < -0.4 is 4.90 Å². The van der Waals surface area contributed by atoms with Crippen LogP contribution in [0, 0.1) is 5.92 Å². The summed E-state index contributed by atoms with van der Waals surface area (Å²) in [6, 6.07) is 6.74. The monoisotopic (exact) mass is 379 g/mol. The highest BCUT2D eigenvalue weighted by Gasteiger charge is 2.45. The number of anilines is 1. The van der Waals surface area contributed by atoms with E-state index in [4.69, 9.17) is 14.2 Å². The second-order valence-electron chi connectivity index (χ2n) is 7.26. The summed E-state index contributed by atoms with van der Waals surface area (Å²) < 4.78 is 14.9. The molecule has 2 rings (SSSR count). The summed E-state index contributed by atoms with van der Waals surface area (Å²) in [6.07, 6.45) is -2.05. The largest absolute Gasteiger partial charge is 0.468 e. The number of methoxy groups -OCH3 is 2. The third kappa shape index (κ3) is 4.39. The van der Waals surface area contributed by atoms with Gasteiger partial charge in [-0.05, 0) is 32.4 Å². The van der Waals surface area contributed by atoms with Crippen molar-refractivity contribution in [1.29, 1.82) is 0 Å². The molecule has 0 aliphatic carbocycles. The average Bonchev–Trinajstić information content (AvgIpc) is 2.59. The van der Waals surface area contributed by atoms with Crippen molar-refractivity contribution in [2.45, 2.75) is 44.9 Å². The molecule has 1 unspecified atom stereocenters. The fraction of sp³-hybridized carbons (Fsp3) is 0.526. The van der Waals surface area contributed by atoms with E-state index in [1.165, 1.54) is 14.2 Å². The van der Waals surface area contributed by atoms with Gasteiger partial charge in [0.1, 0.15) is 11.8 Å². The molecule has 27 heavy (non-hydrogen) atoms. The minimum Gasteiger partial charge on any atom is -0.468 e. The predicted molar refractivity (Wildman–Crippen MR) is 96.0 cm³/mol. The van der Waals surface area contributed by atoms with E-state index >= 15 is 0 Å². The molecular weight excluding hydrogens is 354 g/mol. The van der Waals surface area contributed by atoms with Crippen molar-refractivity contribution < 1.29 is 33.7 Å². The Morgan fingerprint density at radius 1 is 1.11 bits per heavy atom. The molecule has 0 saturated heterocycles. The van der Waals surface area contributed by atoms with Crippen LogP contribution in [-0.2, 0) is 23.8 Å². The van der Waals surface area contributed by atoms with Gasteiger partial charge in [-0.1, -0.05) is 18.2 Å². The Balaban J connectivity index is 2.49. The number of para-hydroxylation sites is 1. The topological polar surface area (TPSA) is 102 Å². The molecule has 0 saturated carbocycles. The van der Waals surface area contributed by atoms with E-state index < -0.39 is 41.7 Å². The van der Waals surface area contributed by atoms with Crippen molar-refractivity contribution >= 4 is 23.7 Å². The predicted octanol–water partition coefficient (Wildman–Crippen LogP) is 2.20. The minimum atomic E-state index is -1.28. The van der Waals surface area contributed by atoms with Gasteiger partial charge in [0.05, 0.1) is 19.9 Å². The van der Waals surface area contributed by atoms with Crippen LogP contribution in [0.5, 0.6) is 0 Å². The summed E-state index contributed by atoms with van der Waals surface area (Å²) in [5.74, 6) is -3.49. The number of fused-ring (bicyclic) bond motifs is 1. The molecule has 1 aromatic rings. The van der Waals surface area contributed by atoms with E-state index in [1.54, 1.807) is 45.0 Å². The second kappa shape index (κ2) is 7.96. The lowest BCUT2D eigenvalue weighted by Gasteiger charge is -2.39. The van der Waals surface area contributed by atoms with E-state index in [2.05, 4.69) is 0 Å². The number of esters is 2. The normalized spacial score (nSPS) is 19.3. The van der Waals surface area contributed by atoms with E-state index in [-0.39, 0.29) is 6.42 Å². The highest BCUT2D eigenvalue weighted by atomic mass is 16.6. The van der Waals surface area contributed by atoms with Crippen molar-refractivity contribution in [2.75, 3.05) is 19.1 Å². The summed E-state index contributed by atoms with van der Waals surface area (Å²) >= 11 is 0. The summed E-state index contributed by atoms with van der Waals surface area (Å²) in [5, 5.41) is 10.6. The van der Waals surface area contributed by atoms with Gasteiger partial charge in [-0.15, -0.1) is 0 Å². The Hall–Kier alpha value is -2.61. The zero-order valence-electron chi connectivity index (χ0n) is 16.1. The zero-order valence-corrected chi connectivity index (χ0v) is 16.1. The number of hydrogen-bond donors (Lipinski definition) is 1. The van der Waals surface area contributed by atoms with Crippen molar-refractivity contribution in [1.82, 2.24) is 0 Å². The average molecular weight is 379 g/mol.